The van der Waals surface area contributed by atoms with Crippen molar-refractivity contribution >= 4 is 0 Å². The van der Waals surface area contributed by atoms with E-state index >= 15 is 0 Å². The molecule has 0 amide bonds. The van der Waals surface area contributed by atoms with Gasteiger partial charge in [0.2, 0.25) is 54.9 Å². The first-order chi connectivity index (χ1) is 7.45. The molecular formula is C9H6O6. The summed E-state index contributed by atoms with van der Waals surface area (Å²) in [6.07, 6.45) is 0. The Hall–Kier alpha value is -1.98. The lowest BCUT2D eigenvalue weighted by atomic mass is 10.2. The molecule has 3 aliphatic heterocycles. The van der Waals surface area contributed by atoms with Crippen molar-refractivity contribution in [3.63, 3.8) is 0 Å². The maximum absolute atomic E-state index is 5.30. The molecule has 6 heteroatoms. The fourth-order valence-electron chi connectivity index (χ4n) is 1.85. The van der Waals surface area contributed by atoms with Gasteiger partial charge < -0.3 is 28.4 Å². The molecule has 0 atom stereocenters. The molecule has 0 spiro atoms. The van der Waals surface area contributed by atoms with Crippen LogP contribution in [0.5, 0.6) is 34.5 Å². The number of fused-ring (bicyclic) bond motifs is 6. The molecule has 4 rings (SSSR count). The van der Waals surface area contributed by atoms with E-state index in [1.807, 2.05) is 0 Å². The Balaban J connectivity index is 2.08. The van der Waals surface area contributed by atoms with E-state index < -0.39 is 0 Å². The average Bonchev–Trinajstić information content (AvgIpc) is 2.97. The minimum atomic E-state index is 0.158. The summed E-state index contributed by atoms with van der Waals surface area (Å²) in [5, 5.41) is 0. The number of hydrogen-bond acceptors (Lipinski definition) is 6. The van der Waals surface area contributed by atoms with Crippen LogP contribution in [0.4, 0.5) is 0 Å². The van der Waals surface area contributed by atoms with Crippen LogP contribution in [-0.4, -0.2) is 20.4 Å². The molecule has 0 bridgehead atoms. The summed E-state index contributed by atoms with van der Waals surface area (Å²) in [6.45, 7) is 0.473. The molecule has 0 saturated heterocycles. The molecule has 0 unspecified atom stereocenters. The van der Waals surface area contributed by atoms with Crippen molar-refractivity contribution in [3.8, 4) is 34.5 Å². The second-order valence-corrected chi connectivity index (χ2v) is 3.19. The Kier molecular flexibility index (Phi) is 1.14. The molecule has 0 fully saturated rings. The molecule has 3 heterocycles. The third kappa shape index (κ3) is 0.754. The smallest absolute Gasteiger partial charge is 0.231 e. The maximum atomic E-state index is 5.30. The lowest BCUT2D eigenvalue weighted by molar-refractivity contribution is 0.156. The van der Waals surface area contributed by atoms with E-state index in [1.165, 1.54) is 0 Å². The lowest BCUT2D eigenvalue weighted by Gasteiger charge is -2.04. The first kappa shape index (κ1) is 7.33. The van der Waals surface area contributed by atoms with E-state index in [0.29, 0.717) is 34.5 Å². The molecular weight excluding hydrogens is 204 g/mol. The maximum Gasteiger partial charge on any atom is 0.231 e. The summed E-state index contributed by atoms with van der Waals surface area (Å²) in [4.78, 5) is 0. The van der Waals surface area contributed by atoms with Crippen molar-refractivity contribution in [3.05, 3.63) is 0 Å². The molecule has 1 aromatic rings. The van der Waals surface area contributed by atoms with E-state index in [9.17, 15) is 0 Å². The van der Waals surface area contributed by atoms with Crippen LogP contribution >= 0.6 is 0 Å². The Morgan fingerprint density at radius 1 is 0.400 bits per heavy atom. The highest BCUT2D eigenvalue weighted by Gasteiger charge is 2.39. The monoisotopic (exact) mass is 210 g/mol. The van der Waals surface area contributed by atoms with Gasteiger partial charge in [0.1, 0.15) is 0 Å². The van der Waals surface area contributed by atoms with Crippen molar-refractivity contribution in [2.24, 2.45) is 0 Å². The number of hydrogen-bond donors (Lipinski definition) is 0. The van der Waals surface area contributed by atoms with Crippen molar-refractivity contribution in [2.75, 3.05) is 20.4 Å². The molecule has 0 aliphatic carbocycles. The zero-order valence-electron chi connectivity index (χ0n) is 7.57. The highest BCUT2D eigenvalue weighted by Crippen LogP contribution is 2.62. The third-order valence-corrected chi connectivity index (χ3v) is 2.46. The van der Waals surface area contributed by atoms with Gasteiger partial charge in [-0.15, -0.1) is 0 Å². The second kappa shape index (κ2) is 2.33. The topological polar surface area (TPSA) is 55.4 Å². The molecule has 1 aromatic carbocycles. The quantitative estimate of drug-likeness (QED) is 0.633. The fraction of sp³-hybridized carbons (Fsp3) is 0.333. The normalized spacial score (nSPS) is 18.4. The van der Waals surface area contributed by atoms with E-state index in [2.05, 4.69) is 0 Å². The fourth-order valence-corrected chi connectivity index (χ4v) is 1.85. The third-order valence-electron chi connectivity index (χ3n) is 2.46. The molecule has 6 nitrogen and oxygen atoms in total. The zero-order chi connectivity index (χ0) is 9.83. The van der Waals surface area contributed by atoms with E-state index in [4.69, 9.17) is 28.4 Å². The van der Waals surface area contributed by atoms with Gasteiger partial charge >= 0.3 is 0 Å². The molecule has 3 aliphatic rings. The van der Waals surface area contributed by atoms with Crippen LogP contribution < -0.4 is 28.4 Å². The van der Waals surface area contributed by atoms with Crippen molar-refractivity contribution in [1.29, 1.82) is 0 Å². The Morgan fingerprint density at radius 3 is 0.800 bits per heavy atom. The van der Waals surface area contributed by atoms with Gasteiger partial charge in [0.15, 0.2) is 0 Å². The van der Waals surface area contributed by atoms with E-state index in [0.717, 1.165) is 0 Å². The average molecular weight is 210 g/mol. The Morgan fingerprint density at radius 2 is 0.600 bits per heavy atom. The molecule has 0 saturated carbocycles. The summed E-state index contributed by atoms with van der Waals surface area (Å²) in [5.41, 5.74) is 0. The van der Waals surface area contributed by atoms with Crippen molar-refractivity contribution in [1.82, 2.24) is 0 Å². The van der Waals surface area contributed by atoms with Crippen LogP contribution in [-0.2, 0) is 0 Å². The van der Waals surface area contributed by atoms with Crippen molar-refractivity contribution in [2.45, 2.75) is 0 Å². The van der Waals surface area contributed by atoms with Crippen LogP contribution in [0.25, 0.3) is 0 Å². The second-order valence-electron chi connectivity index (χ2n) is 3.19. The van der Waals surface area contributed by atoms with Gasteiger partial charge in [-0.25, -0.2) is 0 Å². The Bertz CT molecular complexity index is 329. The highest BCUT2D eigenvalue weighted by atomic mass is 16.8. The number of benzene rings is 1. The zero-order valence-corrected chi connectivity index (χ0v) is 7.57. The first-order valence-corrected chi connectivity index (χ1v) is 4.46. The molecule has 15 heavy (non-hydrogen) atoms. The predicted molar refractivity (Wildman–Crippen MR) is 44.8 cm³/mol. The van der Waals surface area contributed by atoms with Crippen LogP contribution in [0.1, 0.15) is 0 Å². The van der Waals surface area contributed by atoms with Gasteiger partial charge in [-0.1, -0.05) is 0 Å². The van der Waals surface area contributed by atoms with Gasteiger partial charge in [0, 0.05) is 0 Å². The van der Waals surface area contributed by atoms with Crippen molar-refractivity contribution < 1.29 is 28.4 Å². The number of rotatable bonds is 0. The summed E-state index contributed by atoms with van der Waals surface area (Å²) >= 11 is 0. The van der Waals surface area contributed by atoms with Gasteiger partial charge in [-0.2, -0.15) is 0 Å². The summed E-state index contributed by atoms with van der Waals surface area (Å²) in [5.74, 6) is 3.20. The molecule has 0 aromatic heterocycles. The lowest BCUT2D eigenvalue weighted by Crippen LogP contribution is -1.95. The van der Waals surface area contributed by atoms with Gasteiger partial charge in [-0.3, -0.25) is 0 Å². The van der Waals surface area contributed by atoms with Gasteiger partial charge in [-0.05, 0) is 0 Å². The summed E-state index contributed by atoms with van der Waals surface area (Å²) in [7, 11) is 0. The highest BCUT2D eigenvalue weighted by molar-refractivity contribution is 5.75. The minimum Gasteiger partial charge on any atom is -0.449 e. The van der Waals surface area contributed by atoms with Gasteiger partial charge in [0.25, 0.3) is 0 Å². The van der Waals surface area contributed by atoms with E-state index in [1.54, 1.807) is 0 Å². The SMILES string of the molecule is C1Oc2c3c(c4c(c2O1)OCO4)OCO3. The van der Waals surface area contributed by atoms with Crippen LogP contribution in [0, 0.1) is 0 Å². The Labute approximate surface area is 84.2 Å². The first-order valence-electron chi connectivity index (χ1n) is 4.46. The summed E-state index contributed by atoms with van der Waals surface area (Å²) in [6, 6.07) is 0. The van der Waals surface area contributed by atoms with E-state index in [-0.39, 0.29) is 20.4 Å². The molecule has 78 valence electrons. The molecule has 0 N–H and O–H groups in total. The van der Waals surface area contributed by atoms with Crippen LogP contribution in [0.2, 0.25) is 0 Å². The minimum absolute atomic E-state index is 0.158. The predicted octanol–water partition coefficient (Wildman–Crippen LogP) is 0.873. The summed E-state index contributed by atoms with van der Waals surface area (Å²) < 4.78 is 31.8. The van der Waals surface area contributed by atoms with Gasteiger partial charge in [0.05, 0.1) is 0 Å². The molecule has 0 radical (unpaired) electrons. The van der Waals surface area contributed by atoms with Crippen LogP contribution in [0.3, 0.4) is 0 Å². The standard InChI is InChI=1S/C9H6O6/c1-10-4-5(11-1)7-9(15-3-13-7)8-6(4)12-2-14-8/h1-3H2. The largest absolute Gasteiger partial charge is 0.449 e. The van der Waals surface area contributed by atoms with Crippen LogP contribution in [0.15, 0.2) is 0 Å². The number of ether oxygens (including phenoxy) is 6.